The number of benzene rings is 2. The molecule has 6 heteroatoms. The number of aromatic nitrogens is 2. The fourth-order valence-electron chi connectivity index (χ4n) is 3.10. The number of amides is 1. The van der Waals surface area contributed by atoms with E-state index in [4.69, 9.17) is 4.74 Å². The monoisotopic (exact) mass is 417 g/mol. The Balaban J connectivity index is 1.34. The molecule has 4 aromatic rings. The highest BCUT2D eigenvalue weighted by Gasteiger charge is 2.12. The number of carbonyl (C=O) groups excluding carboxylic acids is 1. The van der Waals surface area contributed by atoms with Gasteiger partial charge in [0.25, 0.3) is 5.91 Å². The molecule has 0 aliphatic carbocycles. The van der Waals surface area contributed by atoms with Crippen LogP contribution in [0.1, 0.15) is 31.9 Å². The molecule has 0 bridgehead atoms. The summed E-state index contributed by atoms with van der Waals surface area (Å²) in [6.45, 7) is 5.21. The maximum atomic E-state index is 12.6. The van der Waals surface area contributed by atoms with Crippen molar-refractivity contribution in [3.8, 4) is 5.75 Å². The average molecular weight is 418 g/mol. The lowest BCUT2D eigenvalue weighted by Gasteiger charge is -2.05. The zero-order valence-corrected chi connectivity index (χ0v) is 17.8. The van der Waals surface area contributed by atoms with Gasteiger partial charge < -0.3 is 10.1 Å². The van der Waals surface area contributed by atoms with Crippen LogP contribution in [0.4, 0.5) is 5.82 Å². The number of aryl methyl sites for hydroxylation is 2. The minimum absolute atomic E-state index is 0.164. The van der Waals surface area contributed by atoms with Crippen molar-refractivity contribution < 1.29 is 9.53 Å². The number of nitrogens with one attached hydrogen (secondary N) is 1. The number of nitrogens with zero attached hydrogens (tertiary/aromatic N) is 2. The molecule has 2 heterocycles. The molecule has 0 aliphatic rings. The van der Waals surface area contributed by atoms with E-state index in [1.54, 1.807) is 0 Å². The minimum Gasteiger partial charge on any atom is -0.489 e. The molecule has 0 unspecified atom stereocenters. The van der Waals surface area contributed by atoms with Crippen LogP contribution in [0.15, 0.2) is 72.2 Å². The fourth-order valence-corrected chi connectivity index (χ4v) is 3.89. The van der Waals surface area contributed by atoms with Crippen LogP contribution in [0.5, 0.6) is 5.75 Å². The third-order valence-electron chi connectivity index (χ3n) is 4.75. The summed E-state index contributed by atoms with van der Waals surface area (Å²) in [6, 6.07) is 19.8. The molecule has 0 saturated heterocycles. The second-order valence-electron chi connectivity index (χ2n) is 7.20. The first-order chi connectivity index (χ1) is 14.6. The van der Waals surface area contributed by atoms with Gasteiger partial charge in [-0.3, -0.25) is 9.48 Å². The highest BCUT2D eigenvalue weighted by molar-refractivity contribution is 7.12. The van der Waals surface area contributed by atoms with E-state index in [-0.39, 0.29) is 5.91 Å². The molecule has 0 aliphatic heterocycles. The van der Waals surface area contributed by atoms with E-state index in [0.717, 1.165) is 16.9 Å². The van der Waals surface area contributed by atoms with E-state index < -0.39 is 0 Å². The number of hydrogen-bond acceptors (Lipinski definition) is 4. The molecule has 0 spiro atoms. The highest BCUT2D eigenvalue weighted by atomic mass is 32.1. The van der Waals surface area contributed by atoms with Gasteiger partial charge in [-0.1, -0.05) is 36.4 Å². The smallest absolute Gasteiger partial charge is 0.266 e. The van der Waals surface area contributed by atoms with Crippen LogP contribution < -0.4 is 10.1 Å². The number of thiophene rings is 1. The summed E-state index contributed by atoms with van der Waals surface area (Å²) in [4.78, 5) is 13.2. The van der Waals surface area contributed by atoms with E-state index in [9.17, 15) is 4.79 Å². The predicted octanol–water partition coefficient (Wildman–Crippen LogP) is 5.44. The lowest BCUT2D eigenvalue weighted by Crippen LogP contribution is -2.11. The van der Waals surface area contributed by atoms with Gasteiger partial charge in [-0.15, -0.1) is 11.3 Å². The van der Waals surface area contributed by atoms with Crippen molar-refractivity contribution in [1.82, 2.24) is 9.78 Å². The summed E-state index contributed by atoms with van der Waals surface area (Å²) in [6.07, 6.45) is 1.87. The summed E-state index contributed by atoms with van der Waals surface area (Å²) >= 11 is 1.40. The number of rotatable bonds is 7. The molecule has 0 saturated carbocycles. The van der Waals surface area contributed by atoms with E-state index in [2.05, 4.69) is 29.5 Å². The quantitative estimate of drug-likeness (QED) is 0.436. The van der Waals surface area contributed by atoms with Gasteiger partial charge in [0.2, 0.25) is 0 Å². The number of carbonyl (C=O) groups is 1. The van der Waals surface area contributed by atoms with Crippen molar-refractivity contribution >= 4 is 23.1 Å². The van der Waals surface area contributed by atoms with Gasteiger partial charge in [0.1, 0.15) is 12.4 Å². The van der Waals surface area contributed by atoms with Gasteiger partial charge in [0.05, 0.1) is 11.4 Å². The van der Waals surface area contributed by atoms with E-state index in [1.165, 1.54) is 22.5 Å². The highest BCUT2D eigenvalue weighted by Crippen LogP contribution is 2.20. The SMILES string of the molecule is Cc1cccc(OCc2csc(C(=O)Nc3ccn(Cc4ccccc4C)n3)c2)c1. The number of ether oxygens (including phenoxy) is 1. The van der Waals surface area contributed by atoms with Crippen molar-refractivity contribution in [3.05, 3.63) is 99.4 Å². The summed E-state index contributed by atoms with van der Waals surface area (Å²) in [5, 5.41) is 9.29. The zero-order chi connectivity index (χ0) is 20.9. The van der Waals surface area contributed by atoms with Gasteiger partial charge >= 0.3 is 0 Å². The van der Waals surface area contributed by atoms with Gasteiger partial charge in [0, 0.05) is 17.8 Å². The minimum atomic E-state index is -0.164. The maximum absolute atomic E-state index is 12.6. The van der Waals surface area contributed by atoms with Crippen molar-refractivity contribution in [1.29, 1.82) is 0 Å². The average Bonchev–Trinajstić information content (AvgIpc) is 3.38. The normalized spacial score (nSPS) is 10.7. The summed E-state index contributed by atoms with van der Waals surface area (Å²) in [7, 11) is 0. The molecule has 2 aromatic heterocycles. The molecular formula is C24H23N3O2S. The standard InChI is InChI=1S/C24H23N3O2S/c1-17-6-5-9-21(12-17)29-15-19-13-22(30-16-19)24(28)25-23-10-11-27(26-23)14-20-8-4-3-7-18(20)2/h3-13,16H,14-15H2,1-2H3,(H,25,26,28). The van der Waals surface area contributed by atoms with Crippen LogP contribution in [-0.4, -0.2) is 15.7 Å². The Morgan fingerprint density at radius 3 is 2.80 bits per heavy atom. The van der Waals surface area contributed by atoms with Crippen LogP contribution in [0.25, 0.3) is 0 Å². The van der Waals surface area contributed by atoms with Crippen LogP contribution >= 0.6 is 11.3 Å². The van der Waals surface area contributed by atoms with Crippen LogP contribution in [-0.2, 0) is 13.2 Å². The Kier molecular flexibility index (Phi) is 5.95. The largest absolute Gasteiger partial charge is 0.489 e. The van der Waals surface area contributed by atoms with Crippen molar-refractivity contribution in [3.63, 3.8) is 0 Å². The van der Waals surface area contributed by atoms with Gasteiger partial charge in [-0.25, -0.2) is 0 Å². The predicted molar refractivity (Wildman–Crippen MR) is 120 cm³/mol. The summed E-state index contributed by atoms with van der Waals surface area (Å²) in [5.41, 5.74) is 4.55. The summed E-state index contributed by atoms with van der Waals surface area (Å²) in [5.74, 6) is 1.20. The zero-order valence-electron chi connectivity index (χ0n) is 17.0. The Bertz CT molecular complexity index is 1160. The molecular weight excluding hydrogens is 394 g/mol. The molecule has 152 valence electrons. The Morgan fingerprint density at radius 1 is 1.10 bits per heavy atom. The van der Waals surface area contributed by atoms with Crippen molar-refractivity contribution in [2.45, 2.75) is 27.0 Å². The fraction of sp³-hybridized carbons (Fsp3) is 0.167. The van der Waals surface area contributed by atoms with Crippen LogP contribution in [0.3, 0.4) is 0 Å². The number of anilines is 1. The van der Waals surface area contributed by atoms with Crippen molar-refractivity contribution in [2.24, 2.45) is 0 Å². The molecule has 30 heavy (non-hydrogen) atoms. The lowest BCUT2D eigenvalue weighted by molar-refractivity contribution is 0.103. The Labute approximate surface area is 179 Å². The molecule has 0 atom stereocenters. The van der Waals surface area contributed by atoms with Crippen LogP contribution in [0.2, 0.25) is 0 Å². The van der Waals surface area contributed by atoms with Crippen molar-refractivity contribution in [2.75, 3.05) is 5.32 Å². The van der Waals surface area contributed by atoms with E-state index >= 15 is 0 Å². The summed E-state index contributed by atoms with van der Waals surface area (Å²) < 4.78 is 7.64. The van der Waals surface area contributed by atoms with Crippen LogP contribution in [0, 0.1) is 13.8 Å². The maximum Gasteiger partial charge on any atom is 0.266 e. The topological polar surface area (TPSA) is 56.1 Å². The lowest BCUT2D eigenvalue weighted by atomic mass is 10.1. The number of hydrogen-bond donors (Lipinski definition) is 1. The molecule has 0 radical (unpaired) electrons. The molecule has 5 nitrogen and oxygen atoms in total. The van der Waals surface area contributed by atoms with Gasteiger partial charge in [-0.05, 0) is 54.1 Å². The second kappa shape index (κ2) is 8.97. The first-order valence-electron chi connectivity index (χ1n) is 9.73. The Morgan fingerprint density at radius 2 is 1.97 bits per heavy atom. The van der Waals surface area contributed by atoms with E-state index in [1.807, 2.05) is 71.7 Å². The third kappa shape index (κ3) is 4.96. The molecule has 1 amide bonds. The second-order valence-corrected chi connectivity index (χ2v) is 8.11. The Hall–Kier alpha value is -3.38. The van der Waals surface area contributed by atoms with Gasteiger partial charge in [0.15, 0.2) is 5.82 Å². The molecule has 4 rings (SSSR count). The third-order valence-corrected chi connectivity index (χ3v) is 5.73. The molecule has 2 aromatic carbocycles. The van der Waals surface area contributed by atoms with E-state index in [0.29, 0.717) is 23.8 Å². The van der Waals surface area contributed by atoms with Gasteiger partial charge in [-0.2, -0.15) is 5.10 Å². The first kappa shape index (κ1) is 19.9. The first-order valence-corrected chi connectivity index (χ1v) is 10.6. The molecule has 0 fully saturated rings. The molecule has 1 N–H and O–H groups in total.